The van der Waals surface area contributed by atoms with Crippen LogP contribution in [0.1, 0.15) is 48.9 Å². The van der Waals surface area contributed by atoms with Crippen molar-refractivity contribution < 1.29 is 31.1 Å². The molecule has 0 unspecified atom stereocenters. The molecule has 3 atom stereocenters. The average molecular weight is 650 g/mol. The lowest BCUT2D eigenvalue weighted by molar-refractivity contribution is -0.137. The van der Waals surface area contributed by atoms with Crippen molar-refractivity contribution in [3.8, 4) is 17.4 Å². The lowest BCUT2D eigenvalue weighted by Gasteiger charge is -2.30. The molecule has 4 aromatic heterocycles. The maximum Gasteiger partial charge on any atom is 0.418 e. The van der Waals surface area contributed by atoms with Crippen molar-refractivity contribution in [2.45, 2.75) is 57.0 Å². The third-order valence-corrected chi connectivity index (χ3v) is 8.50. The summed E-state index contributed by atoms with van der Waals surface area (Å²) in [5.74, 6) is -2.72. The van der Waals surface area contributed by atoms with Crippen LogP contribution in [-0.2, 0) is 6.18 Å². The topological polar surface area (TPSA) is 161 Å². The molecule has 0 saturated carbocycles. The molecule has 0 spiro atoms. The van der Waals surface area contributed by atoms with Crippen LogP contribution in [0.2, 0.25) is 0 Å². The summed E-state index contributed by atoms with van der Waals surface area (Å²) in [6.45, 7) is 3.50. The van der Waals surface area contributed by atoms with Gasteiger partial charge in [0.2, 0.25) is 0 Å². The van der Waals surface area contributed by atoms with Gasteiger partial charge in [-0.05, 0) is 50.9 Å². The van der Waals surface area contributed by atoms with E-state index in [1.807, 2.05) is 4.90 Å². The summed E-state index contributed by atoms with van der Waals surface area (Å²) in [5.41, 5.74) is 5.94. The molecular formula is C29H29F6N9O2. The summed E-state index contributed by atoms with van der Waals surface area (Å²) < 4.78 is 93.1. The highest BCUT2D eigenvalue weighted by atomic mass is 19.4. The first kappa shape index (κ1) is 31.3. The second kappa shape index (κ2) is 11.3. The van der Waals surface area contributed by atoms with Crippen LogP contribution in [0.15, 0.2) is 23.1 Å². The third kappa shape index (κ3) is 5.52. The van der Waals surface area contributed by atoms with Gasteiger partial charge in [0.15, 0.2) is 5.82 Å². The second-order valence-corrected chi connectivity index (χ2v) is 11.7. The van der Waals surface area contributed by atoms with Gasteiger partial charge in [0.25, 0.3) is 5.56 Å². The quantitative estimate of drug-likeness (QED) is 0.207. The molecule has 0 aromatic carbocycles. The Morgan fingerprint density at radius 1 is 1.22 bits per heavy atom. The van der Waals surface area contributed by atoms with Gasteiger partial charge in [0.05, 0.1) is 23.3 Å². The summed E-state index contributed by atoms with van der Waals surface area (Å²) in [5, 5.41) is 2.41. The molecule has 244 valence electrons. The fourth-order valence-corrected chi connectivity index (χ4v) is 6.48. The van der Waals surface area contributed by atoms with E-state index in [0.717, 1.165) is 31.7 Å². The number of nitrogen functional groups attached to an aromatic ring is 2. The molecule has 46 heavy (non-hydrogen) atoms. The minimum Gasteiger partial charge on any atom is -0.461 e. The van der Waals surface area contributed by atoms with Crippen LogP contribution >= 0.6 is 0 Å². The molecular weight excluding hydrogens is 620 g/mol. The average Bonchev–Trinajstić information content (AvgIpc) is 3.49. The Morgan fingerprint density at radius 2 is 1.98 bits per heavy atom. The number of H-pyrrole nitrogens is 1. The Labute approximate surface area is 257 Å². The van der Waals surface area contributed by atoms with Gasteiger partial charge in [-0.25, -0.2) is 23.1 Å². The molecule has 0 aliphatic carbocycles. The van der Waals surface area contributed by atoms with Crippen molar-refractivity contribution in [1.82, 2.24) is 29.8 Å². The summed E-state index contributed by atoms with van der Waals surface area (Å²) in [6, 6.07) is 0.791. The standard InChI is InChI=1S/C29H29F6N9O2/c1-12-6-17(36)40-22(19(12)29(33,34)35)23-20(32)21-18(26(45)41-23)25(39-13(2)16-7-14(30)9-38-24(16)37)43-27(42-21)46-11-28-4-3-5-44(28)10-15(31)8-28/h6-7,9,13,15H,3-5,8,10-11H2,1-2H3,(H2,36,40)(H2,37,38)(H,41,45)(H,39,42,43)/t13-,15-,28+/m1/s1. The molecule has 6 rings (SSSR count). The van der Waals surface area contributed by atoms with E-state index in [1.165, 1.54) is 0 Å². The fourth-order valence-electron chi connectivity index (χ4n) is 6.48. The first-order valence-corrected chi connectivity index (χ1v) is 14.3. The maximum atomic E-state index is 16.4. The number of nitrogens with zero attached hydrogens (tertiary/aromatic N) is 5. The lowest BCUT2D eigenvalue weighted by atomic mass is 9.95. The van der Waals surface area contributed by atoms with Crippen molar-refractivity contribution in [1.29, 1.82) is 0 Å². The molecule has 2 aliphatic heterocycles. The summed E-state index contributed by atoms with van der Waals surface area (Å²) >= 11 is 0. The number of nitrogens with one attached hydrogen (secondary N) is 2. The lowest BCUT2D eigenvalue weighted by Crippen LogP contribution is -2.43. The van der Waals surface area contributed by atoms with Gasteiger partial charge in [0.1, 0.15) is 58.3 Å². The molecule has 2 fully saturated rings. The third-order valence-electron chi connectivity index (χ3n) is 8.50. The predicted molar refractivity (Wildman–Crippen MR) is 157 cm³/mol. The van der Waals surface area contributed by atoms with Gasteiger partial charge in [-0.1, -0.05) is 0 Å². The number of fused-ring (bicyclic) bond motifs is 2. The van der Waals surface area contributed by atoms with Gasteiger partial charge < -0.3 is 26.5 Å². The van der Waals surface area contributed by atoms with Crippen LogP contribution in [0, 0.1) is 18.6 Å². The van der Waals surface area contributed by atoms with E-state index >= 15 is 4.39 Å². The highest BCUT2D eigenvalue weighted by Crippen LogP contribution is 2.42. The normalized spacial score (nSPS) is 20.7. The van der Waals surface area contributed by atoms with Crippen LogP contribution in [0.3, 0.4) is 0 Å². The Kier molecular flexibility index (Phi) is 7.69. The van der Waals surface area contributed by atoms with E-state index in [1.54, 1.807) is 6.92 Å². The first-order valence-electron chi connectivity index (χ1n) is 14.3. The van der Waals surface area contributed by atoms with Crippen LogP contribution in [0.25, 0.3) is 22.3 Å². The predicted octanol–water partition coefficient (Wildman–Crippen LogP) is 4.67. The molecule has 0 bridgehead atoms. The van der Waals surface area contributed by atoms with Crippen molar-refractivity contribution in [2.75, 3.05) is 36.5 Å². The maximum absolute atomic E-state index is 16.4. The molecule has 6 heterocycles. The van der Waals surface area contributed by atoms with Crippen LogP contribution < -0.4 is 27.1 Å². The monoisotopic (exact) mass is 649 g/mol. The number of hydrogen-bond acceptors (Lipinski definition) is 10. The Bertz CT molecular complexity index is 1900. The molecule has 6 N–H and O–H groups in total. The number of halogens is 6. The van der Waals surface area contributed by atoms with Crippen molar-refractivity contribution in [3.05, 3.63) is 57.0 Å². The van der Waals surface area contributed by atoms with Crippen molar-refractivity contribution >= 4 is 28.4 Å². The SMILES string of the molecule is Cc1cc(N)nc(-c2[nH]c(=O)c3c(N[C@H](C)c4cc(F)cnc4N)nc(OC[C@@]45CCCN4C[C@H](F)C5)nc3c2F)c1C(F)(F)F. The molecule has 2 saturated heterocycles. The smallest absolute Gasteiger partial charge is 0.418 e. The largest absolute Gasteiger partial charge is 0.461 e. The van der Waals surface area contributed by atoms with Gasteiger partial charge in [0, 0.05) is 18.5 Å². The van der Waals surface area contributed by atoms with Crippen LogP contribution in [0.5, 0.6) is 6.01 Å². The van der Waals surface area contributed by atoms with E-state index in [4.69, 9.17) is 16.2 Å². The van der Waals surface area contributed by atoms with E-state index < -0.39 is 75.0 Å². The van der Waals surface area contributed by atoms with E-state index in [9.17, 15) is 26.7 Å². The minimum atomic E-state index is -4.98. The van der Waals surface area contributed by atoms with E-state index in [0.29, 0.717) is 13.0 Å². The summed E-state index contributed by atoms with van der Waals surface area (Å²) in [4.78, 5) is 33.5. The number of hydrogen-bond donors (Lipinski definition) is 4. The van der Waals surface area contributed by atoms with Gasteiger partial charge in [-0.2, -0.15) is 23.1 Å². The number of nitrogens with two attached hydrogens (primary N) is 2. The first-order chi connectivity index (χ1) is 21.7. The zero-order valence-electron chi connectivity index (χ0n) is 24.6. The molecule has 0 radical (unpaired) electrons. The van der Waals surface area contributed by atoms with E-state index in [-0.39, 0.29) is 48.2 Å². The van der Waals surface area contributed by atoms with Crippen molar-refractivity contribution in [3.63, 3.8) is 0 Å². The molecule has 2 aliphatic rings. The Morgan fingerprint density at radius 3 is 2.72 bits per heavy atom. The highest BCUT2D eigenvalue weighted by Gasteiger charge is 2.49. The molecule has 17 heteroatoms. The Balaban J connectivity index is 1.51. The number of aryl methyl sites for hydroxylation is 1. The number of anilines is 3. The molecule has 11 nitrogen and oxygen atoms in total. The van der Waals surface area contributed by atoms with Gasteiger partial charge >= 0.3 is 12.2 Å². The minimum absolute atomic E-state index is 0.0381. The molecule has 4 aromatic rings. The number of aromatic nitrogens is 5. The second-order valence-electron chi connectivity index (χ2n) is 11.7. The van der Waals surface area contributed by atoms with Gasteiger partial charge in [-0.3, -0.25) is 9.69 Å². The highest BCUT2D eigenvalue weighted by molar-refractivity contribution is 5.91. The van der Waals surface area contributed by atoms with E-state index in [2.05, 4.69) is 30.2 Å². The number of ether oxygens (including phenoxy) is 1. The zero-order valence-corrected chi connectivity index (χ0v) is 24.6. The summed E-state index contributed by atoms with van der Waals surface area (Å²) in [6.07, 6.45) is -3.50. The van der Waals surface area contributed by atoms with Crippen molar-refractivity contribution in [2.24, 2.45) is 0 Å². The summed E-state index contributed by atoms with van der Waals surface area (Å²) in [7, 11) is 0. The number of pyridine rings is 3. The number of aromatic amines is 1. The molecule has 0 amide bonds. The number of rotatable bonds is 7. The zero-order chi connectivity index (χ0) is 33.1. The van der Waals surface area contributed by atoms with Gasteiger partial charge in [-0.15, -0.1) is 0 Å². The fraction of sp³-hybridized carbons (Fsp3) is 0.414. The van der Waals surface area contributed by atoms with Crippen LogP contribution in [-0.4, -0.2) is 61.2 Å². The number of alkyl halides is 4. The Hall–Kier alpha value is -4.67. The van der Waals surface area contributed by atoms with Crippen LogP contribution in [0.4, 0.5) is 43.8 Å².